The van der Waals surface area contributed by atoms with E-state index < -0.39 is 0 Å². The van der Waals surface area contributed by atoms with Crippen molar-refractivity contribution in [1.82, 2.24) is 0 Å². The molecular formula is C23H14BrIO3. The Bertz CT molecular complexity index is 1080. The summed E-state index contributed by atoms with van der Waals surface area (Å²) in [7, 11) is 0. The summed E-state index contributed by atoms with van der Waals surface area (Å²) in [6.45, 7) is 0.461. The van der Waals surface area contributed by atoms with Crippen molar-refractivity contribution < 1.29 is 14.3 Å². The lowest BCUT2D eigenvalue weighted by molar-refractivity contribution is 0.0990. The fraction of sp³-hybridized carbons (Fsp3) is 0.0435. The highest BCUT2D eigenvalue weighted by Crippen LogP contribution is 2.31. The van der Waals surface area contributed by atoms with Crippen LogP contribution in [-0.4, -0.2) is 11.6 Å². The summed E-state index contributed by atoms with van der Waals surface area (Å²) in [4.78, 5) is 25.0. The topological polar surface area (TPSA) is 43.4 Å². The van der Waals surface area contributed by atoms with Gasteiger partial charge in [0.2, 0.25) is 0 Å². The minimum absolute atomic E-state index is 0.195. The molecule has 3 aromatic rings. The summed E-state index contributed by atoms with van der Waals surface area (Å²) in [5, 5.41) is 0. The van der Waals surface area contributed by atoms with E-state index in [0.717, 1.165) is 15.6 Å². The molecule has 5 heteroatoms. The molecule has 0 saturated heterocycles. The van der Waals surface area contributed by atoms with Gasteiger partial charge in [0.05, 0.1) is 10.0 Å². The molecule has 0 amide bonds. The second-order valence-corrected chi connectivity index (χ2v) is 8.47. The number of hydrogen-bond donors (Lipinski definition) is 0. The first-order valence-electron chi connectivity index (χ1n) is 8.60. The van der Waals surface area contributed by atoms with Crippen molar-refractivity contribution in [3.8, 4) is 5.75 Å². The molecule has 0 spiro atoms. The van der Waals surface area contributed by atoms with E-state index in [2.05, 4.69) is 38.5 Å². The van der Waals surface area contributed by atoms with Crippen molar-refractivity contribution in [1.29, 1.82) is 0 Å². The summed E-state index contributed by atoms with van der Waals surface area (Å²) in [5.74, 6) is 0.250. The lowest BCUT2D eigenvalue weighted by Gasteiger charge is -2.09. The first-order chi connectivity index (χ1) is 13.5. The van der Waals surface area contributed by atoms with E-state index >= 15 is 0 Å². The zero-order valence-corrected chi connectivity index (χ0v) is 18.4. The quantitative estimate of drug-likeness (QED) is 0.226. The summed E-state index contributed by atoms with van der Waals surface area (Å²) >= 11 is 5.78. The second kappa shape index (κ2) is 8.01. The molecule has 3 aromatic carbocycles. The van der Waals surface area contributed by atoms with E-state index in [-0.39, 0.29) is 17.1 Å². The lowest BCUT2D eigenvalue weighted by Crippen LogP contribution is -2.00. The fourth-order valence-electron chi connectivity index (χ4n) is 3.04. The van der Waals surface area contributed by atoms with Crippen LogP contribution in [0.3, 0.4) is 0 Å². The highest BCUT2D eigenvalue weighted by Gasteiger charge is 2.32. The molecule has 0 N–H and O–H groups in total. The number of ketones is 2. The average Bonchev–Trinajstić information content (AvgIpc) is 2.94. The Balaban J connectivity index is 1.54. The molecular weight excluding hydrogens is 531 g/mol. The van der Waals surface area contributed by atoms with Gasteiger partial charge >= 0.3 is 0 Å². The van der Waals surface area contributed by atoms with Gasteiger partial charge in [0.25, 0.3) is 0 Å². The predicted molar refractivity (Wildman–Crippen MR) is 121 cm³/mol. The molecule has 0 unspecified atom stereocenters. The molecule has 0 radical (unpaired) electrons. The van der Waals surface area contributed by atoms with Crippen LogP contribution >= 0.6 is 38.5 Å². The van der Waals surface area contributed by atoms with Gasteiger partial charge in [-0.15, -0.1) is 0 Å². The highest BCUT2D eigenvalue weighted by molar-refractivity contribution is 14.1. The fourth-order valence-corrected chi connectivity index (χ4v) is 3.91. The molecule has 1 aliphatic rings. The smallest absolute Gasteiger partial charge is 0.197 e. The highest BCUT2D eigenvalue weighted by atomic mass is 127. The maximum absolute atomic E-state index is 12.5. The first kappa shape index (κ1) is 19.1. The normalized spacial score (nSPS) is 12.9. The van der Waals surface area contributed by atoms with Gasteiger partial charge in [-0.05, 0) is 80.0 Å². The molecule has 0 aromatic heterocycles. The number of halogens is 2. The Kier molecular flexibility index (Phi) is 5.46. The second-order valence-electron chi connectivity index (χ2n) is 6.37. The van der Waals surface area contributed by atoms with Gasteiger partial charge < -0.3 is 4.74 Å². The van der Waals surface area contributed by atoms with Crippen molar-refractivity contribution in [2.45, 2.75) is 6.61 Å². The number of ether oxygens (including phenoxy) is 1. The van der Waals surface area contributed by atoms with Crippen LogP contribution in [0.2, 0.25) is 0 Å². The molecule has 0 heterocycles. The van der Waals surface area contributed by atoms with Crippen molar-refractivity contribution in [2.24, 2.45) is 0 Å². The van der Waals surface area contributed by atoms with Gasteiger partial charge in [0, 0.05) is 14.7 Å². The van der Waals surface area contributed by atoms with Gasteiger partial charge in [-0.2, -0.15) is 0 Å². The van der Waals surface area contributed by atoms with E-state index in [1.807, 2.05) is 42.5 Å². The maximum Gasteiger partial charge on any atom is 0.197 e. The molecule has 28 heavy (non-hydrogen) atoms. The third kappa shape index (κ3) is 3.82. The largest absolute Gasteiger partial charge is 0.488 e. The monoisotopic (exact) mass is 544 g/mol. The third-order valence-electron chi connectivity index (χ3n) is 4.48. The standard InChI is InChI=1S/C23H14BrIO3/c24-20-12-15(7-10-21(20)28-13-14-5-8-16(25)9-6-14)11-19-22(26)17-3-1-2-4-18(17)23(19)27/h1-12H,13H2. The Labute approximate surface area is 184 Å². The number of carbonyl (C=O) groups is 2. The van der Waals surface area contributed by atoms with Crippen LogP contribution in [0.1, 0.15) is 31.8 Å². The van der Waals surface area contributed by atoms with Gasteiger partial charge in [0.15, 0.2) is 11.6 Å². The molecule has 0 bridgehead atoms. The minimum Gasteiger partial charge on any atom is -0.488 e. The first-order valence-corrected chi connectivity index (χ1v) is 10.5. The predicted octanol–water partition coefficient (Wildman–Crippen LogP) is 6.10. The molecule has 0 atom stereocenters. The molecule has 0 fully saturated rings. The molecule has 0 saturated carbocycles. The van der Waals surface area contributed by atoms with Crippen LogP contribution in [0.5, 0.6) is 5.75 Å². The Morgan fingerprint density at radius 2 is 1.54 bits per heavy atom. The summed E-state index contributed by atoms with van der Waals surface area (Å²) in [6.07, 6.45) is 1.64. The Morgan fingerprint density at radius 1 is 0.893 bits per heavy atom. The molecule has 0 aliphatic heterocycles. The van der Waals surface area contributed by atoms with E-state index in [4.69, 9.17) is 4.74 Å². The minimum atomic E-state index is -0.226. The van der Waals surface area contributed by atoms with Crippen molar-refractivity contribution in [2.75, 3.05) is 0 Å². The SMILES string of the molecule is O=C1C(=Cc2ccc(OCc3ccc(I)cc3)c(Br)c2)C(=O)c2ccccc21. The number of Topliss-reactive ketones (excluding diaryl/α,β-unsaturated/α-hetero) is 2. The number of fused-ring (bicyclic) bond motifs is 1. The van der Waals surface area contributed by atoms with Crippen LogP contribution in [0.25, 0.3) is 6.08 Å². The van der Waals surface area contributed by atoms with Crippen LogP contribution in [0.15, 0.2) is 76.8 Å². The van der Waals surface area contributed by atoms with Crippen LogP contribution < -0.4 is 4.74 Å². The number of rotatable bonds is 4. The zero-order chi connectivity index (χ0) is 19.7. The number of carbonyl (C=O) groups excluding carboxylic acids is 2. The van der Waals surface area contributed by atoms with Gasteiger partial charge in [-0.25, -0.2) is 0 Å². The van der Waals surface area contributed by atoms with Crippen molar-refractivity contribution in [3.05, 3.63) is 103 Å². The van der Waals surface area contributed by atoms with Crippen LogP contribution in [0.4, 0.5) is 0 Å². The Morgan fingerprint density at radius 3 is 2.14 bits per heavy atom. The third-order valence-corrected chi connectivity index (χ3v) is 5.82. The maximum atomic E-state index is 12.5. The van der Waals surface area contributed by atoms with Crippen molar-refractivity contribution in [3.63, 3.8) is 0 Å². The van der Waals surface area contributed by atoms with E-state index in [1.54, 1.807) is 30.3 Å². The molecule has 3 nitrogen and oxygen atoms in total. The number of hydrogen-bond acceptors (Lipinski definition) is 3. The van der Waals surface area contributed by atoms with Gasteiger partial charge in [-0.3, -0.25) is 9.59 Å². The van der Waals surface area contributed by atoms with Crippen LogP contribution in [-0.2, 0) is 6.61 Å². The molecule has 1 aliphatic carbocycles. The van der Waals surface area contributed by atoms with Gasteiger partial charge in [0.1, 0.15) is 12.4 Å². The lowest BCUT2D eigenvalue weighted by atomic mass is 10.1. The zero-order valence-electron chi connectivity index (χ0n) is 14.6. The molecule has 4 rings (SSSR count). The van der Waals surface area contributed by atoms with Crippen molar-refractivity contribution >= 4 is 56.2 Å². The average molecular weight is 545 g/mol. The summed E-state index contributed by atoms with van der Waals surface area (Å²) in [6, 6.07) is 20.6. The molecule has 138 valence electrons. The van der Waals surface area contributed by atoms with Gasteiger partial charge in [-0.1, -0.05) is 42.5 Å². The van der Waals surface area contributed by atoms with E-state index in [9.17, 15) is 9.59 Å². The Hall–Kier alpha value is -2.25. The summed E-state index contributed by atoms with van der Waals surface area (Å²) < 4.78 is 7.82. The van der Waals surface area contributed by atoms with E-state index in [1.165, 1.54) is 3.57 Å². The number of allylic oxidation sites excluding steroid dienone is 1. The van der Waals surface area contributed by atoms with E-state index in [0.29, 0.717) is 23.5 Å². The number of benzene rings is 3. The van der Waals surface area contributed by atoms with Crippen LogP contribution in [0, 0.1) is 3.57 Å². The summed E-state index contributed by atoms with van der Waals surface area (Å²) in [5.41, 5.74) is 2.97.